The number of carbonyl (C=O) groups excluding carboxylic acids is 1. The Morgan fingerprint density at radius 2 is 2.00 bits per heavy atom. The van der Waals surface area contributed by atoms with Crippen LogP contribution in [-0.4, -0.2) is 21.4 Å². The summed E-state index contributed by atoms with van der Waals surface area (Å²) in [5, 5.41) is 9.07. The molecule has 0 saturated carbocycles. The highest BCUT2D eigenvalue weighted by atomic mass is 19.1. The molecule has 1 heterocycles. The number of aromatic carboxylic acids is 1. The predicted molar refractivity (Wildman–Crippen MR) is 62.7 cm³/mol. The molecule has 1 aromatic carbocycles. The molecule has 18 heavy (non-hydrogen) atoms. The normalized spacial score (nSPS) is 10.3. The second-order valence-electron chi connectivity index (χ2n) is 3.83. The van der Waals surface area contributed by atoms with Gasteiger partial charge in [-0.1, -0.05) is 6.07 Å². The lowest BCUT2D eigenvalue weighted by Gasteiger charge is -2.05. The number of carboxylic acid groups (broad SMARTS) is 1. The van der Waals surface area contributed by atoms with Crippen molar-refractivity contribution in [1.29, 1.82) is 0 Å². The van der Waals surface area contributed by atoms with Crippen LogP contribution in [0.1, 0.15) is 27.8 Å². The fraction of sp³-hybridized carbons (Fsp3) is 0.0769. The van der Waals surface area contributed by atoms with Crippen LogP contribution in [0.5, 0.6) is 0 Å². The van der Waals surface area contributed by atoms with Crippen LogP contribution in [0.4, 0.5) is 4.39 Å². The second-order valence-corrected chi connectivity index (χ2v) is 3.83. The van der Waals surface area contributed by atoms with E-state index in [1.807, 2.05) is 0 Å². The number of carbonyl (C=O) groups is 2. The summed E-state index contributed by atoms with van der Waals surface area (Å²) in [5.74, 6) is -1.89. The van der Waals surface area contributed by atoms with E-state index >= 15 is 0 Å². The van der Waals surface area contributed by atoms with Crippen LogP contribution in [0.15, 0.2) is 36.5 Å². The molecular weight excluding hydrogens is 237 g/mol. The van der Waals surface area contributed by atoms with Crippen LogP contribution in [0, 0.1) is 5.82 Å². The van der Waals surface area contributed by atoms with Crippen molar-refractivity contribution in [3.8, 4) is 5.69 Å². The number of ketones is 1. The molecule has 1 aromatic heterocycles. The standard InChI is InChI=1S/C13H10FNO3/c1-8(16)9-5-12(13(17)18)15(7-9)11-4-2-3-10(14)6-11/h2-7H,1H3,(H,17,18). The zero-order chi connectivity index (χ0) is 13.3. The number of hydrogen-bond acceptors (Lipinski definition) is 2. The first-order valence-corrected chi connectivity index (χ1v) is 5.21. The summed E-state index contributed by atoms with van der Waals surface area (Å²) in [7, 11) is 0. The third-order valence-electron chi connectivity index (χ3n) is 2.53. The highest BCUT2D eigenvalue weighted by molar-refractivity contribution is 5.97. The summed E-state index contributed by atoms with van der Waals surface area (Å²) in [6.07, 6.45) is 1.39. The van der Waals surface area contributed by atoms with E-state index in [4.69, 9.17) is 5.11 Å². The quantitative estimate of drug-likeness (QED) is 0.848. The number of nitrogens with zero attached hydrogens (tertiary/aromatic N) is 1. The molecule has 0 spiro atoms. The Kier molecular flexibility index (Phi) is 2.97. The molecule has 5 heteroatoms. The number of hydrogen-bond donors (Lipinski definition) is 1. The largest absolute Gasteiger partial charge is 0.477 e. The summed E-state index contributed by atoms with van der Waals surface area (Å²) >= 11 is 0. The maximum Gasteiger partial charge on any atom is 0.352 e. The number of Topliss-reactive ketones (excluding diaryl/α,β-unsaturated/α-hetero) is 1. The van der Waals surface area contributed by atoms with E-state index in [0.29, 0.717) is 5.69 Å². The molecule has 92 valence electrons. The zero-order valence-corrected chi connectivity index (χ0v) is 9.55. The van der Waals surface area contributed by atoms with E-state index < -0.39 is 11.8 Å². The van der Waals surface area contributed by atoms with Gasteiger partial charge in [0.1, 0.15) is 11.5 Å². The molecule has 0 aliphatic heterocycles. The Bertz CT molecular complexity index is 631. The number of halogens is 1. The van der Waals surface area contributed by atoms with Crippen LogP contribution < -0.4 is 0 Å². The Morgan fingerprint density at radius 3 is 2.56 bits per heavy atom. The number of rotatable bonds is 3. The molecule has 0 radical (unpaired) electrons. The summed E-state index contributed by atoms with van der Waals surface area (Å²) < 4.78 is 14.4. The van der Waals surface area contributed by atoms with Crippen molar-refractivity contribution in [2.24, 2.45) is 0 Å². The van der Waals surface area contributed by atoms with Gasteiger partial charge in [-0.3, -0.25) is 4.79 Å². The molecule has 0 atom stereocenters. The van der Waals surface area contributed by atoms with Gasteiger partial charge in [-0.2, -0.15) is 0 Å². The van der Waals surface area contributed by atoms with Crippen molar-refractivity contribution in [2.75, 3.05) is 0 Å². The zero-order valence-electron chi connectivity index (χ0n) is 9.55. The monoisotopic (exact) mass is 247 g/mol. The fourth-order valence-corrected chi connectivity index (χ4v) is 1.66. The molecule has 1 N–H and O–H groups in total. The Hall–Kier alpha value is -2.43. The van der Waals surface area contributed by atoms with Gasteiger partial charge in [-0.15, -0.1) is 0 Å². The van der Waals surface area contributed by atoms with E-state index in [9.17, 15) is 14.0 Å². The molecule has 0 saturated heterocycles. The molecule has 0 fully saturated rings. The average Bonchev–Trinajstić information content (AvgIpc) is 2.73. The predicted octanol–water partition coefficient (Wildman–Crippen LogP) is 2.52. The summed E-state index contributed by atoms with van der Waals surface area (Å²) in [6, 6.07) is 6.79. The van der Waals surface area contributed by atoms with Gasteiger partial charge >= 0.3 is 5.97 Å². The lowest BCUT2D eigenvalue weighted by molar-refractivity contribution is 0.0688. The number of benzene rings is 1. The molecule has 0 amide bonds. The maximum atomic E-state index is 13.1. The molecule has 2 aromatic rings. The van der Waals surface area contributed by atoms with Crippen LogP contribution >= 0.6 is 0 Å². The van der Waals surface area contributed by atoms with E-state index in [0.717, 1.165) is 0 Å². The summed E-state index contributed by atoms with van der Waals surface area (Å²) in [5.41, 5.74) is 0.558. The number of carboxylic acids is 1. The minimum atomic E-state index is -1.17. The molecular formula is C13H10FNO3. The first-order valence-electron chi connectivity index (χ1n) is 5.21. The van der Waals surface area contributed by atoms with Gasteiger partial charge in [0.15, 0.2) is 5.78 Å². The SMILES string of the molecule is CC(=O)c1cc(C(=O)O)n(-c2cccc(F)c2)c1. The molecule has 0 aliphatic carbocycles. The Labute approximate surface area is 102 Å². The van der Waals surface area contributed by atoms with Crippen LogP contribution in [0.2, 0.25) is 0 Å². The van der Waals surface area contributed by atoms with Gasteiger partial charge in [0.25, 0.3) is 0 Å². The minimum absolute atomic E-state index is 0.0780. The summed E-state index contributed by atoms with van der Waals surface area (Å²) in [6.45, 7) is 1.34. The van der Waals surface area contributed by atoms with Gasteiger partial charge in [0.2, 0.25) is 0 Å². The van der Waals surface area contributed by atoms with E-state index in [-0.39, 0.29) is 17.0 Å². The molecule has 2 rings (SSSR count). The first kappa shape index (κ1) is 12.0. The van der Waals surface area contributed by atoms with Gasteiger partial charge in [0, 0.05) is 17.4 Å². The second kappa shape index (κ2) is 4.44. The van der Waals surface area contributed by atoms with Crippen LogP contribution in [0.3, 0.4) is 0 Å². The Morgan fingerprint density at radius 1 is 1.28 bits per heavy atom. The lowest BCUT2D eigenvalue weighted by atomic mass is 10.2. The molecule has 0 aliphatic rings. The highest BCUT2D eigenvalue weighted by Crippen LogP contribution is 2.17. The first-order chi connectivity index (χ1) is 8.49. The van der Waals surface area contributed by atoms with Gasteiger partial charge in [-0.05, 0) is 31.2 Å². The van der Waals surface area contributed by atoms with E-state index in [2.05, 4.69) is 0 Å². The molecule has 4 nitrogen and oxygen atoms in total. The third kappa shape index (κ3) is 2.15. The molecule has 0 bridgehead atoms. The topological polar surface area (TPSA) is 59.3 Å². The lowest BCUT2D eigenvalue weighted by Crippen LogP contribution is -2.05. The van der Waals surface area contributed by atoms with E-state index in [1.165, 1.54) is 42.0 Å². The van der Waals surface area contributed by atoms with E-state index in [1.54, 1.807) is 6.07 Å². The van der Waals surface area contributed by atoms with Crippen LogP contribution in [0.25, 0.3) is 5.69 Å². The Balaban J connectivity index is 2.62. The van der Waals surface area contributed by atoms with Crippen molar-refractivity contribution in [3.05, 3.63) is 53.6 Å². The van der Waals surface area contributed by atoms with Crippen molar-refractivity contribution in [1.82, 2.24) is 4.57 Å². The summed E-state index contributed by atoms with van der Waals surface area (Å²) in [4.78, 5) is 22.3. The third-order valence-corrected chi connectivity index (χ3v) is 2.53. The highest BCUT2D eigenvalue weighted by Gasteiger charge is 2.15. The van der Waals surface area contributed by atoms with Crippen LogP contribution in [-0.2, 0) is 0 Å². The average molecular weight is 247 g/mol. The van der Waals surface area contributed by atoms with Gasteiger partial charge in [0.05, 0.1) is 0 Å². The van der Waals surface area contributed by atoms with Crippen molar-refractivity contribution in [3.63, 3.8) is 0 Å². The van der Waals surface area contributed by atoms with Crippen molar-refractivity contribution < 1.29 is 19.1 Å². The van der Waals surface area contributed by atoms with Crippen molar-refractivity contribution in [2.45, 2.75) is 6.92 Å². The van der Waals surface area contributed by atoms with Gasteiger partial charge in [-0.25, -0.2) is 9.18 Å². The van der Waals surface area contributed by atoms with Gasteiger partial charge < -0.3 is 9.67 Å². The number of aromatic nitrogens is 1. The molecule has 0 unspecified atom stereocenters. The smallest absolute Gasteiger partial charge is 0.352 e. The minimum Gasteiger partial charge on any atom is -0.477 e. The fourth-order valence-electron chi connectivity index (χ4n) is 1.66. The van der Waals surface area contributed by atoms with Crippen molar-refractivity contribution >= 4 is 11.8 Å². The maximum absolute atomic E-state index is 13.1.